The summed E-state index contributed by atoms with van der Waals surface area (Å²) in [7, 11) is 0. The Bertz CT molecular complexity index is 718. The number of ether oxygens (including phenoxy) is 2. The maximum Gasteiger partial charge on any atom is 0.217 e. The fraction of sp³-hybridized carbons (Fsp3) is 0.435. The lowest BCUT2D eigenvalue weighted by atomic mass is 10.0. The van der Waals surface area contributed by atoms with Crippen molar-refractivity contribution in [1.82, 2.24) is 5.32 Å². The fourth-order valence-corrected chi connectivity index (χ4v) is 3.46. The summed E-state index contributed by atoms with van der Waals surface area (Å²) in [5.41, 5.74) is 3.58. The van der Waals surface area contributed by atoms with Crippen LogP contribution in [0.25, 0.3) is 11.1 Å². The lowest BCUT2D eigenvalue weighted by Gasteiger charge is -2.22. The van der Waals surface area contributed by atoms with Gasteiger partial charge in [-0.2, -0.15) is 0 Å². The normalized spacial score (nSPS) is 15.9. The van der Waals surface area contributed by atoms with Crippen molar-refractivity contribution in [1.29, 1.82) is 0 Å². The Morgan fingerprint density at radius 1 is 1.07 bits per heavy atom. The summed E-state index contributed by atoms with van der Waals surface area (Å²) < 4.78 is 11.3. The van der Waals surface area contributed by atoms with E-state index >= 15 is 0 Å². The number of benzene rings is 2. The summed E-state index contributed by atoms with van der Waals surface area (Å²) in [6.07, 6.45) is 3.01. The highest BCUT2D eigenvalue weighted by Gasteiger charge is 2.14. The third kappa shape index (κ3) is 6.10. The molecule has 0 bridgehead atoms. The molecule has 2 aromatic carbocycles. The summed E-state index contributed by atoms with van der Waals surface area (Å²) in [5.74, 6) is 1.54. The molecule has 0 aliphatic carbocycles. The van der Waals surface area contributed by atoms with Crippen LogP contribution < -0.4 is 10.1 Å². The van der Waals surface area contributed by atoms with Gasteiger partial charge in [-0.15, -0.1) is 0 Å². The minimum atomic E-state index is 0.0123. The van der Waals surface area contributed by atoms with Gasteiger partial charge in [0, 0.05) is 26.2 Å². The standard InChI is InChI=1S/C23H29NO3/c1-17(24-18(2)25)15-19-3-5-21(6-4-19)22-7-9-23(10-8-22)27-16-20-11-13-26-14-12-20/h3-10,17,20H,11-16H2,1-2H3,(H,24,25). The first-order chi connectivity index (χ1) is 13.1. The molecule has 1 heterocycles. The number of nitrogens with one attached hydrogen (secondary N) is 1. The van der Waals surface area contributed by atoms with Crippen molar-refractivity contribution < 1.29 is 14.3 Å². The molecule has 0 spiro atoms. The van der Waals surface area contributed by atoms with Crippen molar-refractivity contribution in [3.8, 4) is 16.9 Å². The molecular weight excluding hydrogens is 338 g/mol. The Morgan fingerprint density at radius 3 is 2.26 bits per heavy atom. The molecule has 1 atom stereocenters. The molecule has 144 valence electrons. The first kappa shape index (κ1) is 19.4. The molecule has 2 aromatic rings. The summed E-state index contributed by atoms with van der Waals surface area (Å²) >= 11 is 0. The lowest BCUT2D eigenvalue weighted by Crippen LogP contribution is -2.31. The van der Waals surface area contributed by atoms with Crippen LogP contribution >= 0.6 is 0 Å². The SMILES string of the molecule is CC(=O)NC(C)Cc1ccc(-c2ccc(OCC3CCOCC3)cc2)cc1. The highest BCUT2D eigenvalue weighted by molar-refractivity contribution is 5.73. The van der Waals surface area contributed by atoms with Crippen LogP contribution in [0.4, 0.5) is 0 Å². The lowest BCUT2D eigenvalue weighted by molar-refractivity contribution is -0.119. The van der Waals surface area contributed by atoms with Gasteiger partial charge in [0.2, 0.25) is 5.91 Å². The molecule has 4 nitrogen and oxygen atoms in total. The number of carbonyl (C=O) groups is 1. The van der Waals surface area contributed by atoms with E-state index in [1.165, 1.54) is 16.7 Å². The maximum atomic E-state index is 11.1. The predicted molar refractivity (Wildman–Crippen MR) is 108 cm³/mol. The van der Waals surface area contributed by atoms with Crippen LogP contribution in [-0.2, 0) is 16.0 Å². The number of hydrogen-bond donors (Lipinski definition) is 1. The Labute approximate surface area is 161 Å². The predicted octanol–water partition coefficient (Wildman–Crippen LogP) is 4.23. The van der Waals surface area contributed by atoms with Crippen molar-refractivity contribution in [3.05, 3.63) is 54.1 Å². The Kier molecular flexibility index (Phi) is 6.88. The van der Waals surface area contributed by atoms with Gasteiger partial charge in [-0.1, -0.05) is 36.4 Å². The third-order valence-corrected chi connectivity index (χ3v) is 4.96. The van der Waals surface area contributed by atoms with Crippen molar-refractivity contribution in [2.24, 2.45) is 5.92 Å². The van der Waals surface area contributed by atoms with Crippen molar-refractivity contribution in [2.75, 3.05) is 19.8 Å². The molecular formula is C23H29NO3. The minimum absolute atomic E-state index is 0.0123. The second-order valence-electron chi connectivity index (χ2n) is 7.39. The molecule has 0 saturated carbocycles. The van der Waals surface area contributed by atoms with Crippen molar-refractivity contribution in [3.63, 3.8) is 0 Å². The fourth-order valence-electron chi connectivity index (χ4n) is 3.46. The van der Waals surface area contributed by atoms with Gasteiger partial charge >= 0.3 is 0 Å². The van der Waals surface area contributed by atoms with Gasteiger partial charge in [-0.3, -0.25) is 4.79 Å². The van der Waals surface area contributed by atoms with Crippen molar-refractivity contribution >= 4 is 5.91 Å². The minimum Gasteiger partial charge on any atom is -0.493 e. The topological polar surface area (TPSA) is 47.6 Å². The molecule has 3 rings (SSSR count). The Balaban J connectivity index is 1.54. The summed E-state index contributed by atoms with van der Waals surface area (Å²) in [4.78, 5) is 11.1. The van der Waals surface area contributed by atoms with E-state index in [1.807, 2.05) is 19.1 Å². The second kappa shape index (κ2) is 9.56. The van der Waals surface area contributed by atoms with Gasteiger partial charge in [0.25, 0.3) is 0 Å². The zero-order valence-electron chi connectivity index (χ0n) is 16.2. The molecule has 0 aromatic heterocycles. The monoisotopic (exact) mass is 367 g/mol. The van der Waals surface area contributed by atoms with Crippen LogP contribution in [0.1, 0.15) is 32.3 Å². The number of hydrogen-bond acceptors (Lipinski definition) is 3. The molecule has 1 aliphatic rings. The molecule has 4 heteroatoms. The average Bonchev–Trinajstić information content (AvgIpc) is 2.68. The van der Waals surface area contributed by atoms with E-state index in [0.717, 1.165) is 44.8 Å². The molecule has 1 saturated heterocycles. The summed E-state index contributed by atoms with van der Waals surface area (Å²) in [6.45, 7) is 6.05. The van der Waals surface area contributed by atoms with Crippen molar-refractivity contribution in [2.45, 2.75) is 39.2 Å². The molecule has 1 N–H and O–H groups in total. The van der Waals surface area contributed by atoms with E-state index in [2.05, 4.69) is 41.7 Å². The molecule has 1 amide bonds. The highest BCUT2D eigenvalue weighted by atomic mass is 16.5. The van der Waals surface area contributed by atoms with E-state index in [9.17, 15) is 4.79 Å². The van der Waals surface area contributed by atoms with Gasteiger partial charge < -0.3 is 14.8 Å². The highest BCUT2D eigenvalue weighted by Crippen LogP contribution is 2.24. The van der Waals surface area contributed by atoms with E-state index in [1.54, 1.807) is 6.92 Å². The zero-order chi connectivity index (χ0) is 19.1. The van der Waals surface area contributed by atoms with Gasteiger partial charge in [0.05, 0.1) is 6.61 Å². The van der Waals surface area contributed by atoms with Crippen LogP contribution in [-0.4, -0.2) is 31.8 Å². The molecule has 27 heavy (non-hydrogen) atoms. The zero-order valence-corrected chi connectivity index (χ0v) is 16.2. The smallest absolute Gasteiger partial charge is 0.217 e. The maximum absolute atomic E-state index is 11.1. The number of rotatable bonds is 7. The van der Waals surface area contributed by atoms with Crippen LogP contribution in [0, 0.1) is 5.92 Å². The Hall–Kier alpha value is -2.33. The Morgan fingerprint density at radius 2 is 1.67 bits per heavy atom. The van der Waals surface area contributed by atoms with Gasteiger partial charge in [-0.05, 0) is 60.9 Å². The number of carbonyl (C=O) groups excluding carboxylic acids is 1. The van der Waals surface area contributed by atoms with Crippen LogP contribution in [0.15, 0.2) is 48.5 Å². The van der Waals surface area contributed by atoms with Crippen LogP contribution in [0.3, 0.4) is 0 Å². The van der Waals surface area contributed by atoms with E-state index in [0.29, 0.717) is 5.92 Å². The molecule has 1 unspecified atom stereocenters. The van der Waals surface area contributed by atoms with Gasteiger partial charge in [0.15, 0.2) is 0 Å². The van der Waals surface area contributed by atoms with Gasteiger partial charge in [-0.25, -0.2) is 0 Å². The first-order valence-corrected chi connectivity index (χ1v) is 9.77. The van der Waals surface area contributed by atoms with Crippen LogP contribution in [0.5, 0.6) is 5.75 Å². The summed E-state index contributed by atoms with van der Waals surface area (Å²) in [6, 6.07) is 17.0. The average molecular weight is 367 g/mol. The first-order valence-electron chi connectivity index (χ1n) is 9.77. The quantitative estimate of drug-likeness (QED) is 0.797. The van der Waals surface area contributed by atoms with E-state index in [-0.39, 0.29) is 11.9 Å². The van der Waals surface area contributed by atoms with Crippen LogP contribution in [0.2, 0.25) is 0 Å². The molecule has 0 radical (unpaired) electrons. The summed E-state index contributed by atoms with van der Waals surface area (Å²) in [5, 5.41) is 2.92. The number of amides is 1. The van der Waals surface area contributed by atoms with E-state index in [4.69, 9.17) is 9.47 Å². The molecule has 1 aliphatic heterocycles. The van der Waals surface area contributed by atoms with E-state index < -0.39 is 0 Å². The second-order valence-corrected chi connectivity index (χ2v) is 7.39. The molecule has 1 fully saturated rings. The third-order valence-electron chi connectivity index (χ3n) is 4.96. The van der Waals surface area contributed by atoms with Gasteiger partial charge in [0.1, 0.15) is 5.75 Å². The largest absolute Gasteiger partial charge is 0.493 e.